The average Bonchev–Trinajstić information content (AvgIpc) is 3.24. The number of allylic oxidation sites excluding steroid dienone is 1. The van der Waals surface area contributed by atoms with Gasteiger partial charge in [-0.25, -0.2) is 0 Å². The van der Waals surface area contributed by atoms with Crippen LogP contribution in [0.2, 0.25) is 78.6 Å². The summed E-state index contributed by atoms with van der Waals surface area (Å²) < 4.78 is 28.6. The minimum Gasteiger partial charge on any atom is -0.414 e. The van der Waals surface area contributed by atoms with Crippen molar-refractivity contribution in [2.24, 2.45) is 33.7 Å². The van der Waals surface area contributed by atoms with E-state index < -0.39 is 38.9 Å². The Bertz CT molecular complexity index is 1390. The lowest BCUT2D eigenvalue weighted by atomic mass is 9.46. The fourth-order valence-corrected chi connectivity index (χ4v) is 14.8. The van der Waals surface area contributed by atoms with Crippen LogP contribution < -0.4 is 0 Å². The second-order valence-corrected chi connectivity index (χ2v) is 38.3. The second-order valence-electron chi connectivity index (χ2n) is 20.4. The zero-order valence-electron chi connectivity index (χ0n) is 34.2. The maximum absolute atomic E-state index is 7.63. The maximum atomic E-state index is 7.63. The van der Waals surface area contributed by atoms with Crippen LogP contribution in [0.1, 0.15) is 64.4 Å². The van der Waals surface area contributed by atoms with Crippen molar-refractivity contribution in [1.82, 2.24) is 0 Å². The normalized spacial score (nSPS) is 35.2. The topological polar surface area (TPSA) is 58.5 Å². The fraction of sp³-hybridized carbons (Fsp3) is 0.775. The van der Waals surface area contributed by atoms with Gasteiger partial charge < -0.3 is 22.5 Å². The van der Waals surface area contributed by atoms with Gasteiger partial charge in [0, 0.05) is 17.6 Å². The lowest BCUT2D eigenvalue weighted by Crippen LogP contribution is -2.65. The van der Waals surface area contributed by atoms with E-state index in [4.69, 9.17) is 27.7 Å². The highest BCUT2D eigenvalue weighted by atomic mass is 28.4. The Kier molecular flexibility index (Phi) is 11.6. The summed E-state index contributed by atoms with van der Waals surface area (Å²) in [5, 5.41) is 5.07. The number of rotatable bonds is 13. The molecular weight excluding hydrogens is 687 g/mol. The summed E-state index contributed by atoms with van der Waals surface area (Å²) in [6.45, 7) is 34.0. The predicted molar refractivity (Wildman–Crippen MR) is 219 cm³/mol. The first kappa shape index (κ1) is 40.3. The van der Waals surface area contributed by atoms with E-state index in [-0.39, 0.29) is 16.9 Å². The first-order valence-electron chi connectivity index (χ1n) is 19.6. The van der Waals surface area contributed by atoms with Gasteiger partial charge in [0.15, 0.2) is 33.3 Å². The van der Waals surface area contributed by atoms with E-state index in [9.17, 15) is 0 Å². The quantitative estimate of drug-likeness (QED) is 0.0868. The van der Waals surface area contributed by atoms with Crippen LogP contribution in [0, 0.1) is 28.6 Å². The molecule has 282 valence electrons. The summed E-state index contributed by atoms with van der Waals surface area (Å²) in [7, 11) is -7.46. The van der Waals surface area contributed by atoms with Crippen LogP contribution in [-0.4, -0.2) is 63.4 Å². The van der Waals surface area contributed by atoms with Crippen molar-refractivity contribution in [2.75, 3.05) is 6.61 Å². The average molecular weight is 758 g/mol. The van der Waals surface area contributed by atoms with E-state index in [0.29, 0.717) is 37.1 Å². The van der Waals surface area contributed by atoms with Crippen molar-refractivity contribution in [3.05, 3.63) is 47.5 Å². The highest BCUT2D eigenvalue weighted by molar-refractivity contribution is 6.71. The van der Waals surface area contributed by atoms with Crippen LogP contribution in [-0.2, 0) is 29.1 Å². The number of oxime groups is 1. The van der Waals surface area contributed by atoms with E-state index in [1.165, 1.54) is 6.42 Å². The third kappa shape index (κ3) is 8.91. The van der Waals surface area contributed by atoms with Crippen molar-refractivity contribution >= 4 is 39.0 Å². The molecule has 0 radical (unpaired) electrons. The molecule has 4 aliphatic carbocycles. The molecule has 6 nitrogen and oxygen atoms in total. The molecule has 4 aliphatic rings. The van der Waals surface area contributed by atoms with Gasteiger partial charge in [-0.2, -0.15) is 0 Å². The summed E-state index contributed by atoms with van der Waals surface area (Å²) >= 11 is 0. The Labute approximate surface area is 310 Å². The van der Waals surface area contributed by atoms with E-state index in [1.807, 2.05) is 6.07 Å². The van der Waals surface area contributed by atoms with Gasteiger partial charge in [0.2, 0.25) is 0 Å². The SMILES string of the molecule is C[C@]12CC[C@H](O[Si](C)(C)C)CC1=CC[C@@H]1[C@@H]2[C@@H](O[Si](C)(C)C)C[C@@]2(C)[C@H]1CC[C@]2(O[Si](C)(C)C)/C(CO[Si](C)(C)C)=N\OCc1ccccc1. The molecule has 50 heavy (non-hydrogen) atoms. The number of fused-ring (bicyclic) bond motifs is 5. The predicted octanol–water partition coefficient (Wildman–Crippen LogP) is 11.0. The van der Waals surface area contributed by atoms with Crippen molar-refractivity contribution in [3.8, 4) is 0 Å². The van der Waals surface area contributed by atoms with Crippen molar-refractivity contribution in [2.45, 2.75) is 162 Å². The van der Waals surface area contributed by atoms with Gasteiger partial charge in [-0.1, -0.05) is 61.0 Å². The summed E-state index contributed by atoms with van der Waals surface area (Å²) in [4.78, 5) is 6.28. The van der Waals surface area contributed by atoms with E-state index >= 15 is 0 Å². The summed E-state index contributed by atoms with van der Waals surface area (Å²) in [5.41, 5.74) is 3.10. The molecule has 3 fully saturated rings. The first-order chi connectivity index (χ1) is 22.9. The fourth-order valence-electron chi connectivity index (χ4n) is 10.4. The molecule has 0 saturated heterocycles. The van der Waals surface area contributed by atoms with Crippen LogP contribution in [0.3, 0.4) is 0 Å². The lowest BCUT2D eigenvalue weighted by Gasteiger charge is -2.63. The van der Waals surface area contributed by atoms with Crippen molar-refractivity contribution < 1.29 is 22.5 Å². The minimum absolute atomic E-state index is 0.134. The molecule has 8 atom stereocenters. The number of hydrogen-bond donors (Lipinski definition) is 0. The van der Waals surface area contributed by atoms with Gasteiger partial charge in [-0.05, 0) is 152 Å². The maximum Gasteiger partial charge on any atom is 0.185 e. The Morgan fingerprint density at radius 1 is 0.800 bits per heavy atom. The molecule has 0 unspecified atom stereocenters. The van der Waals surface area contributed by atoms with Gasteiger partial charge in [-0.15, -0.1) is 0 Å². The Balaban J connectivity index is 1.59. The molecule has 5 rings (SSSR count). The molecule has 0 spiro atoms. The van der Waals surface area contributed by atoms with E-state index in [1.54, 1.807) is 5.57 Å². The van der Waals surface area contributed by atoms with Crippen LogP contribution >= 0.6 is 0 Å². The number of benzene rings is 1. The van der Waals surface area contributed by atoms with Crippen LogP contribution in [0.5, 0.6) is 0 Å². The minimum atomic E-state index is -2.08. The molecule has 3 saturated carbocycles. The van der Waals surface area contributed by atoms with Crippen LogP contribution in [0.15, 0.2) is 47.1 Å². The highest BCUT2D eigenvalue weighted by Gasteiger charge is 2.69. The second kappa shape index (κ2) is 14.4. The first-order valence-corrected chi connectivity index (χ1v) is 33.2. The Morgan fingerprint density at radius 3 is 2.06 bits per heavy atom. The van der Waals surface area contributed by atoms with Gasteiger partial charge in [-0.3, -0.25) is 0 Å². The van der Waals surface area contributed by atoms with E-state index in [0.717, 1.165) is 49.8 Å². The smallest absolute Gasteiger partial charge is 0.185 e. The summed E-state index contributed by atoms with van der Waals surface area (Å²) in [6.07, 6.45) is 10.8. The van der Waals surface area contributed by atoms with Gasteiger partial charge in [0.05, 0.1) is 6.61 Å². The molecule has 0 N–H and O–H groups in total. The monoisotopic (exact) mass is 757 g/mol. The molecule has 10 heteroatoms. The zero-order valence-corrected chi connectivity index (χ0v) is 38.2. The third-order valence-electron chi connectivity index (χ3n) is 12.0. The standard InChI is InChI=1S/C40H71NO5Si4/c1-38-24-22-32(44-48(6,7)8)26-31(38)20-21-33-34-23-25-40(46-50(12,13)14,39(34,2)27-35(37(33)38)45-49(9,10)11)36(29-43-47(3,4)5)41-42-28-30-18-16-15-17-19-30/h15-20,32-35,37H,21-29H2,1-14H3/b41-36-/t32-,33-,34-,35-,37+,38-,39-,40-/m0/s1. The third-order valence-corrected chi connectivity index (χ3v) is 16.0. The van der Waals surface area contributed by atoms with Crippen molar-refractivity contribution in [1.29, 1.82) is 0 Å². The molecule has 0 bridgehead atoms. The highest BCUT2D eigenvalue weighted by Crippen LogP contribution is 2.69. The molecule has 0 amide bonds. The lowest BCUT2D eigenvalue weighted by molar-refractivity contribution is -0.140. The summed E-state index contributed by atoms with van der Waals surface area (Å²) in [6, 6.07) is 10.4. The molecule has 0 aromatic heterocycles. The number of nitrogens with zero attached hydrogens (tertiary/aromatic N) is 1. The molecule has 1 aromatic carbocycles. The van der Waals surface area contributed by atoms with Gasteiger partial charge in [0.25, 0.3) is 0 Å². The number of hydrogen-bond acceptors (Lipinski definition) is 6. The molecule has 0 heterocycles. The Hall–Kier alpha value is -0.862. The summed E-state index contributed by atoms with van der Waals surface area (Å²) in [5.74, 6) is 1.53. The van der Waals surface area contributed by atoms with Gasteiger partial charge >= 0.3 is 0 Å². The van der Waals surface area contributed by atoms with Crippen LogP contribution in [0.4, 0.5) is 0 Å². The van der Waals surface area contributed by atoms with E-state index in [2.05, 4.69) is 123 Å². The van der Waals surface area contributed by atoms with Crippen molar-refractivity contribution in [3.63, 3.8) is 0 Å². The van der Waals surface area contributed by atoms with Crippen LogP contribution in [0.25, 0.3) is 0 Å². The van der Waals surface area contributed by atoms with Gasteiger partial charge in [0.1, 0.15) is 17.9 Å². The molecule has 1 aromatic rings. The Morgan fingerprint density at radius 2 is 1.46 bits per heavy atom. The molecular formula is C40H71NO5Si4. The largest absolute Gasteiger partial charge is 0.414 e. The zero-order chi connectivity index (χ0) is 37.0. The molecule has 0 aliphatic heterocycles.